The lowest BCUT2D eigenvalue weighted by Gasteiger charge is -2.24. The van der Waals surface area contributed by atoms with E-state index in [2.05, 4.69) is 18.9 Å². The third-order valence-corrected chi connectivity index (χ3v) is 3.83. The van der Waals surface area contributed by atoms with Crippen LogP contribution < -0.4 is 10.5 Å². The molecule has 0 aliphatic heterocycles. The molecule has 1 aliphatic rings. The van der Waals surface area contributed by atoms with Crippen LogP contribution in [0.25, 0.3) is 0 Å². The molecule has 2 N–H and O–H groups in total. The van der Waals surface area contributed by atoms with E-state index in [4.69, 9.17) is 10.5 Å². The molecule has 2 rings (SSSR count). The Kier molecular flexibility index (Phi) is 4.48. The lowest BCUT2D eigenvalue weighted by molar-refractivity contribution is 0.209. The van der Waals surface area contributed by atoms with E-state index >= 15 is 0 Å². The highest BCUT2D eigenvalue weighted by Crippen LogP contribution is 2.34. The van der Waals surface area contributed by atoms with Crippen molar-refractivity contribution in [1.29, 1.82) is 0 Å². The first-order chi connectivity index (χ1) is 8.68. The maximum absolute atomic E-state index is 5.82. The van der Waals surface area contributed by atoms with Crippen molar-refractivity contribution in [3.8, 4) is 5.75 Å². The molecule has 1 fully saturated rings. The topological polar surface area (TPSA) is 38.5 Å². The molecule has 1 saturated carbocycles. The van der Waals surface area contributed by atoms with Gasteiger partial charge < -0.3 is 15.4 Å². The molecular weight excluding hydrogens is 224 g/mol. The number of hydrogen-bond acceptors (Lipinski definition) is 3. The van der Waals surface area contributed by atoms with E-state index in [1.165, 1.54) is 12.8 Å². The molecule has 1 aromatic carbocycles. The van der Waals surface area contributed by atoms with Crippen LogP contribution in [0.5, 0.6) is 5.75 Å². The summed E-state index contributed by atoms with van der Waals surface area (Å²) in [7, 11) is 2.21. The Hall–Kier alpha value is -1.22. The van der Waals surface area contributed by atoms with Gasteiger partial charge in [0.25, 0.3) is 0 Å². The zero-order valence-corrected chi connectivity index (χ0v) is 11.4. The van der Waals surface area contributed by atoms with E-state index in [9.17, 15) is 0 Å². The molecule has 0 aromatic heterocycles. The average molecular weight is 248 g/mol. The van der Waals surface area contributed by atoms with Crippen LogP contribution in [0.1, 0.15) is 26.2 Å². The van der Waals surface area contributed by atoms with E-state index in [0.29, 0.717) is 6.04 Å². The van der Waals surface area contributed by atoms with Gasteiger partial charge in [0.2, 0.25) is 0 Å². The predicted molar refractivity (Wildman–Crippen MR) is 75.8 cm³/mol. The third-order valence-electron chi connectivity index (χ3n) is 3.83. The van der Waals surface area contributed by atoms with E-state index < -0.39 is 0 Å². The number of anilines is 1. The third kappa shape index (κ3) is 3.64. The maximum Gasteiger partial charge on any atom is 0.142 e. The van der Waals surface area contributed by atoms with Crippen LogP contribution in [0, 0.1) is 5.92 Å². The van der Waals surface area contributed by atoms with Gasteiger partial charge in [0.05, 0.1) is 12.3 Å². The van der Waals surface area contributed by atoms with Gasteiger partial charge in [-0.15, -0.1) is 0 Å². The van der Waals surface area contributed by atoms with Crippen LogP contribution >= 0.6 is 0 Å². The van der Waals surface area contributed by atoms with Crippen molar-refractivity contribution in [3.05, 3.63) is 24.3 Å². The maximum atomic E-state index is 5.82. The van der Waals surface area contributed by atoms with Gasteiger partial charge in [0.1, 0.15) is 5.75 Å². The Morgan fingerprint density at radius 2 is 2.11 bits per heavy atom. The van der Waals surface area contributed by atoms with Crippen LogP contribution in [0.3, 0.4) is 0 Å². The summed E-state index contributed by atoms with van der Waals surface area (Å²) in [5.74, 6) is 1.73. The molecule has 0 spiro atoms. The number of ether oxygens (including phenoxy) is 1. The summed E-state index contributed by atoms with van der Waals surface area (Å²) in [4.78, 5) is 2.44. The van der Waals surface area contributed by atoms with Crippen LogP contribution in [0.4, 0.5) is 5.69 Å². The number of rotatable bonds is 7. The lowest BCUT2D eigenvalue weighted by atomic mass is 10.2. The van der Waals surface area contributed by atoms with Crippen molar-refractivity contribution in [2.75, 3.05) is 25.9 Å². The highest BCUT2D eigenvalue weighted by atomic mass is 16.5. The first-order valence-electron chi connectivity index (χ1n) is 6.86. The first kappa shape index (κ1) is 13.2. The van der Waals surface area contributed by atoms with Gasteiger partial charge in [-0.3, -0.25) is 0 Å². The number of hydrogen-bond donors (Lipinski definition) is 1. The highest BCUT2D eigenvalue weighted by Gasteiger charge is 2.29. The zero-order valence-electron chi connectivity index (χ0n) is 11.4. The second kappa shape index (κ2) is 6.10. The monoisotopic (exact) mass is 248 g/mol. The van der Waals surface area contributed by atoms with E-state index in [1.807, 2.05) is 24.3 Å². The summed E-state index contributed by atoms with van der Waals surface area (Å²) in [5, 5.41) is 0. The largest absolute Gasteiger partial charge is 0.491 e. The first-order valence-corrected chi connectivity index (χ1v) is 6.86. The fourth-order valence-corrected chi connectivity index (χ4v) is 2.25. The zero-order chi connectivity index (χ0) is 13.0. The molecule has 0 heterocycles. The SMILES string of the molecule is CC(C1CC1)N(C)CCCOc1ccccc1N. The van der Waals surface area contributed by atoms with Gasteiger partial charge in [0.15, 0.2) is 0 Å². The summed E-state index contributed by atoms with van der Waals surface area (Å²) in [5.41, 5.74) is 6.54. The standard InChI is InChI=1S/C15H24N2O/c1-12(13-8-9-13)17(2)10-5-11-18-15-7-4-3-6-14(15)16/h3-4,6-7,12-13H,5,8-11,16H2,1-2H3. The molecule has 1 unspecified atom stereocenters. The molecule has 18 heavy (non-hydrogen) atoms. The minimum absolute atomic E-state index is 0.715. The second-order valence-electron chi connectivity index (χ2n) is 5.30. The van der Waals surface area contributed by atoms with Crippen molar-refractivity contribution in [1.82, 2.24) is 4.90 Å². The Labute approximate surface area is 110 Å². The molecule has 0 amide bonds. The molecule has 0 radical (unpaired) electrons. The average Bonchev–Trinajstić information content (AvgIpc) is 3.19. The van der Waals surface area contributed by atoms with Crippen molar-refractivity contribution < 1.29 is 4.74 Å². The predicted octanol–water partition coefficient (Wildman–Crippen LogP) is 2.77. The van der Waals surface area contributed by atoms with Gasteiger partial charge >= 0.3 is 0 Å². The molecule has 3 heteroatoms. The number of benzene rings is 1. The van der Waals surface area contributed by atoms with Crippen molar-refractivity contribution in [2.24, 2.45) is 5.92 Å². The van der Waals surface area contributed by atoms with Crippen molar-refractivity contribution >= 4 is 5.69 Å². The van der Waals surface area contributed by atoms with E-state index in [0.717, 1.165) is 36.9 Å². The summed E-state index contributed by atoms with van der Waals surface area (Å²) in [6.45, 7) is 4.15. The minimum Gasteiger partial charge on any atom is -0.491 e. The number of nitrogen functional groups attached to an aromatic ring is 1. The fourth-order valence-electron chi connectivity index (χ4n) is 2.25. The molecule has 1 aliphatic carbocycles. The summed E-state index contributed by atoms with van der Waals surface area (Å²) >= 11 is 0. The smallest absolute Gasteiger partial charge is 0.142 e. The quantitative estimate of drug-likeness (QED) is 0.595. The molecule has 0 saturated heterocycles. The van der Waals surface area contributed by atoms with E-state index in [1.54, 1.807) is 0 Å². The molecule has 1 atom stereocenters. The molecule has 0 bridgehead atoms. The van der Waals surface area contributed by atoms with Gasteiger partial charge in [-0.1, -0.05) is 12.1 Å². The van der Waals surface area contributed by atoms with E-state index in [-0.39, 0.29) is 0 Å². The molecule has 100 valence electrons. The number of nitrogens with two attached hydrogens (primary N) is 1. The minimum atomic E-state index is 0.715. The Balaban J connectivity index is 1.65. The van der Waals surface area contributed by atoms with Crippen LogP contribution in [-0.2, 0) is 0 Å². The summed E-state index contributed by atoms with van der Waals surface area (Å²) < 4.78 is 5.69. The van der Waals surface area contributed by atoms with Crippen LogP contribution in [-0.4, -0.2) is 31.1 Å². The van der Waals surface area contributed by atoms with Crippen molar-refractivity contribution in [2.45, 2.75) is 32.2 Å². The van der Waals surface area contributed by atoms with Gasteiger partial charge in [-0.05, 0) is 51.3 Å². The molecular formula is C15H24N2O. The Morgan fingerprint density at radius 1 is 1.39 bits per heavy atom. The second-order valence-corrected chi connectivity index (χ2v) is 5.30. The molecule has 1 aromatic rings. The normalized spacial score (nSPS) is 16.8. The van der Waals surface area contributed by atoms with Gasteiger partial charge in [-0.25, -0.2) is 0 Å². The number of para-hydroxylation sites is 2. The Morgan fingerprint density at radius 3 is 2.78 bits per heavy atom. The Bertz CT molecular complexity index is 377. The van der Waals surface area contributed by atoms with Crippen LogP contribution in [0.15, 0.2) is 24.3 Å². The lowest BCUT2D eigenvalue weighted by Crippen LogP contribution is -2.32. The highest BCUT2D eigenvalue weighted by molar-refractivity contribution is 5.51. The summed E-state index contributed by atoms with van der Waals surface area (Å²) in [6.07, 6.45) is 3.85. The summed E-state index contributed by atoms with van der Waals surface area (Å²) in [6, 6.07) is 8.38. The number of nitrogens with zero attached hydrogens (tertiary/aromatic N) is 1. The van der Waals surface area contributed by atoms with Crippen molar-refractivity contribution in [3.63, 3.8) is 0 Å². The van der Waals surface area contributed by atoms with Gasteiger partial charge in [-0.2, -0.15) is 0 Å². The fraction of sp³-hybridized carbons (Fsp3) is 0.600. The molecule has 3 nitrogen and oxygen atoms in total. The van der Waals surface area contributed by atoms with Gasteiger partial charge in [0, 0.05) is 12.6 Å². The van der Waals surface area contributed by atoms with Crippen LogP contribution in [0.2, 0.25) is 0 Å².